The van der Waals surface area contributed by atoms with E-state index < -0.39 is 0 Å². The van der Waals surface area contributed by atoms with Crippen molar-refractivity contribution in [2.45, 2.75) is 39.3 Å². The van der Waals surface area contributed by atoms with Crippen LogP contribution in [0.4, 0.5) is 0 Å². The minimum absolute atomic E-state index is 0.125. The molecular weight excluding hydrogens is 138 g/mol. The molecule has 1 heterocycles. The summed E-state index contributed by atoms with van der Waals surface area (Å²) in [5.41, 5.74) is 0.199. The van der Waals surface area contributed by atoms with Crippen molar-refractivity contribution < 1.29 is 5.11 Å². The Morgan fingerprint density at radius 3 is 2.09 bits per heavy atom. The predicted molar refractivity (Wildman–Crippen MR) is 46.5 cm³/mol. The Balaban J connectivity index is 2.69. The van der Waals surface area contributed by atoms with Gasteiger partial charge in [-0.25, -0.2) is 0 Å². The standard InChI is InChI=1S/C9H19NO/c1-9(2,3)8-7(11)5-6-10(8)4/h7-8,11H,5-6H2,1-4H3/t7?,8-/m0/s1. The highest BCUT2D eigenvalue weighted by Gasteiger charge is 2.38. The maximum Gasteiger partial charge on any atom is 0.0712 e. The van der Waals surface area contributed by atoms with Crippen LogP contribution in [0, 0.1) is 5.41 Å². The second-order valence-corrected chi connectivity index (χ2v) is 4.65. The highest BCUT2D eigenvalue weighted by atomic mass is 16.3. The second-order valence-electron chi connectivity index (χ2n) is 4.65. The molecule has 0 aliphatic carbocycles. The van der Waals surface area contributed by atoms with Crippen LogP contribution in [-0.2, 0) is 0 Å². The highest BCUT2D eigenvalue weighted by molar-refractivity contribution is 4.92. The van der Waals surface area contributed by atoms with Gasteiger partial charge in [0.15, 0.2) is 0 Å². The van der Waals surface area contributed by atoms with Crippen LogP contribution in [0.1, 0.15) is 27.2 Å². The van der Waals surface area contributed by atoms with Crippen LogP contribution in [0.15, 0.2) is 0 Å². The van der Waals surface area contributed by atoms with Crippen molar-refractivity contribution in [3.8, 4) is 0 Å². The molecule has 2 atom stereocenters. The monoisotopic (exact) mass is 157 g/mol. The molecule has 2 nitrogen and oxygen atoms in total. The summed E-state index contributed by atoms with van der Waals surface area (Å²) in [7, 11) is 2.09. The smallest absolute Gasteiger partial charge is 0.0712 e. The van der Waals surface area contributed by atoms with Crippen LogP contribution in [0.2, 0.25) is 0 Å². The Morgan fingerprint density at radius 1 is 1.36 bits per heavy atom. The van der Waals surface area contributed by atoms with Gasteiger partial charge in [0.2, 0.25) is 0 Å². The first-order valence-corrected chi connectivity index (χ1v) is 4.31. The maximum atomic E-state index is 9.65. The molecule has 66 valence electrons. The van der Waals surface area contributed by atoms with E-state index >= 15 is 0 Å². The molecule has 11 heavy (non-hydrogen) atoms. The lowest BCUT2D eigenvalue weighted by atomic mass is 9.84. The summed E-state index contributed by atoms with van der Waals surface area (Å²) in [4.78, 5) is 2.25. The van der Waals surface area contributed by atoms with Gasteiger partial charge in [-0.1, -0.05) is 20.8 Å². The van der Waals surface area contributed by atoms with Crippen molar-refractivity contribution in [1.82, 2.24) is 4.90 Å². The number of hydrogen-bond donors (Lipinski definition) is 1. The summed E-state index contributed by atoms with van der Waals surface area (Å²) in [5, 5.41) is 9.65. The molecule has 0 aromatic carbocycles. The molecule has 1 aliphatic heterocycles. The molecule has 1 fully saturated rings. The molecule has 0 aromatic rings. The van der Waals surface area contributed by atoms with Crippen LogP contribution >= 0.6 is 0 Å². The average molecular weight is 157 g/mol. The van der Waals surface area contributed by atoms with E-state index in [0.717, 1.165) is 13.0 Å². The Kier molecular flexibility index (Phi) is 2.26. The average Bonchev–Trinajstić information content (AvgIpc) is 2.08. The Bertz CT molecular complexity index is 129. The van der Waals surface area contributed by atoms with Gasteiger partial charge in [0.05, 0.1) is 6.10 Å². The topological polar surface area (TPSA) is 23.5 Å². The normalized spacial score (nSPS) is 34.6. The number of likely N-dealkylation sites (N-methyl/N-ethyl adjacent to an activating group) is 1. The van der Waals surface area contributed by atoms with Crippen molar-refractivity contribution >= 4 is 0 Å². The molecule has 0 radical (unpaired) electrons. The Hall–Kier alpha value is -0.0800. The van der Waals surface area contributed by atoms with E-state index in [0.29, 0.717) is 6.04 Å². The SMILES string of the molecule is CN1CCC(O)[C@H]1C(C)(C)C. The van der Waals surface area contributed by atoms with Crippen LogP contribution in [0.3, 0.4) is 0 Å². The number of aliphatic hydroxyl groups excluding tert-OH is 1. The minimum atomic E-state index is -0.125. The molecule has 1 unspecified atom stereocenters. The quantitative estimate of drug-likeness (QED) is 0.569. The molecule has 0 spiro atoms. The third-order valence-corrected chi connectivity index (χ3v) is 2.50. The molecule has 1 N–H and O–H groups in total. The lowest BCUT2D eigenvalue weighted by Gasteiger charge is -2.34. The Morgan fingerprint density at radius 2 is 1.91 bits per heavy atom. The number of rotatable bonds is 0. The third kappa shape index (κ3) is 1.74. The van der Waals surface area contributed by atoms with Gasteiger partial charge in [0, 0.05) is 12.6 Å². The predicted octanol–water partition coefficient (Wildman–Crippen LogP) is 1.10. The highest BCUT2D eigenvalue weighted by Crippen LogP contribution is 2.31. The summed E-state index contributed by atoms with van der Waals surface area (Å²) < 4.78 is 0. The number of aliphatic hydroxyl groups is 1. The molecule has 2 heteroatoms. The van der Waals surface area contributed by atoms with Crippen molar-refractivity contribution in [2.24, 2.45) is 5.41 Å². The van der Waals surface area contributed by atoms with Gasteiger partial charge in [-0.3, -0.25) is 0 Å². The van der Waals surface area contributed by atoms with E-state index in [-0.39, 0.29) is 11.5 Å². The van der Waals surface area contributed by atoms with Crippen molar-refractivity contribution in [3.05, 3.63) is 0 Å². The van der Waals surface area contributed by atoms with Gasteiger partial charge in [-0.15, -0.1) is 0 Å². The lowest BCUT2D eigenvalue weighted by Crippen LogP contribution is -2.42. The van der Waals surface area contributed by atoms with E-state index in [1.165, 1.54) is 0 Å². The fraction of sp³-hybridized carbons (Fsp3) is 1.00. The summed E-state index contributed by atoms with van der Waals surface area (Å²) in [6.45, 7) is 7.58. The van der Waals surface area contributed by atoms with E-state index in [9.17, 15) is 5.11 Å². The summed E-state index contributed by atoms with van der Waals surface area (Å²) in [5.74, 6) is 0. The van der Waals surface area contributed by atoms with E-state index in [4.69, 9.17) is 0 Å². The zero-order valence-electron chi connectivity index (χ0n) is 7.96. The fourth-order valence-electron chi connectivity index (χ4n) is 2.16. The molecule has 1 aliphatic rings. The molecule has 1 rings (SSSR count). The molecule has 0 aromatic heterocycles. The van der Waals surface area contributed by atoms with E-state index in [2.05, 4.69) is 32.7 Å². The third-order valence-electron chi connectivity index (χ3n) is 2.50. The molecule has 0 bridgehead atoms. The van der Waals surface area contributed by atoms with E-state index in [1.54, 1.807) is 0 Å². The van der Waals surface area contributed by atoms with Crippen molar-refractivity contribution in [1.29, 1.82) is 0 Å². The Labute approximate surface area is 69.2 Å². The lowest BCUT2D eigenvalue weighted by molar-refractivity contribution is 0.0579. The first kappa shape index (κ1) is 9.01. The van der Waals surface area contributed by atoms with Gasteiger partial charge in [0.25, 0.3) is 0 Å². The van der Waals surface area contributed by atoms with Crippen LogP contribution in [0.25, 0.3) is 0 Å². The van der Waals surface area contributed by atoms with Gasteiger partial charge in [0.1, 0.15) is 0 Å². The number of hydrogen-bond acceptors (Lipinski definition) is 2. The maximum absolute atomic E-state index is 9.65. The largest absolute Gasteiger partial charge is 0.391 e. The summed E-state index contributed by atoms with van der Waals surface area (Å²) in [6, 6.07) is 0.336. The zero-order chi connectivity index (χ0) is 8.65. The van der Waals surface area contributed by atoms with Gasteiger partial charge in [-0.05, 0) is 18.9 Å². The zero-order valence-corrected chi connectivity index (χ0v) is 7.96. The first-order chi connectivity index (χ1) is 4.93. The molecule has 0 saturated carbocycles. The first-order valence-electron chi connectivity index (χ1n) is 4.31. The summed E-state index contributed by atoms with van der Waals surface area (Å²) in [6.07, 6.45) is 0.804. The van der Waals surface area contributed by atoms with Crippen LogP contribution < -0.4 is 0 Å². The molecule has 0 amide bonds. The summed E-state index contributed by atoms with van der Waals surface area (Å²) >= 11 is 0. The fourth-order valence-corrected chi connectivity index (χ4v) is 2.16. The van der Waals surface area contributed by atoms with Crippen LogP contribution in [0.5, 0.6) is 0 Å². The minimum Gasteiger partial charge on any atom is -0.391 e. The van der Waals surface area contributed by atoms with Gasteiger partial charge >= 0.3 is 0 Å². The van der Waals surface area contributed by atoms with Crippen molar-refractivity contribution in [2.75, 3.05) is 13.6 Å². The van der Waals surface area contributed by atoms with Gasteiger partial charge in [-0.2, -0.15) is 0 Å². The molecular formula is C9H19NO. The number of nitrogens with zero attached hydrogens (tertiary/aromatic N) is 1. The molecule has 1 saturated heterocycles. The van der Waals surface area contributed by atoms with Gasteiger partial charge < -0.3 is 10.0 Å². The number of likely N-dealkylation sites (tertiary alicyclic amines) is 1. The van der Waals surface area contributed by atoms with Crippen LogP contribution in [-0.4, -0.2) is 35.7 Å². The van der Waals surface area contributed by atoms with Crippen molar-refractivity contribution in [3.63, 3.8) is 0 Å². The second kappa shape index (κ2) is 2.76. The van der Waals surface area contributed by atoms with E-state index in [1.807, 2.05) is 0 Å².